The van der Waals surface area contributed by atoms with Gasteiger partial charge in [-0.15, -0.1) is 11.3 Å². The monoisotopic (exact) mass is 239 g/mol. The second-order valence-electron chi connectivity index (χ2n) is 4.65. The van der Waals surface area contributed by atoms with E-state index >= 15 is 0 Å². The lowest BCUT2D eigenvalue weighted by atomic mass is 10.2. The van der Waals surface area contributed by atoms with Crippen molar-refractivity contribution in [2.45, 2.75) is 39.3 Å². The molecule has 0 aliphatic carbocycles. The van der Waals surface area contributed by atoms with Crippen LogP contribution in [0.5, 0.6) is 0 Å². The molecule has 0 bridgehead atoms. The van der Waals surface area contributed by atoms with Crippen molar-refractivity contribution in [1.29, 1.82) is 0 Å². The first kappa shape index (κ1) is 12.0. The van der Waals surface area contributed by atoms with Gasteiger partial charge in [0, 0.05) is 24.0 Å². The molecule has 3 nitrogen and oxygen atoms in total. The van der Waals surface area contributed by atoms with E-state index in [2.05, 4.69) is 36.1 Å². The van der Waals surface area contributed by atoms with Gasteiger partial charge in [-0.1, -0.05) is 0 Å². The Kier molecular flexibility index (Phi) is 3.95. The molecule has 2 heterocycles. The van der Waals surface area contributed by atoms with E-state index in [1.165, 1.54) is 35.0 Å². The zero-order valence-electron chi connectivity index (χ0n) is 10.4. The molecule has 1 unspecified atom stereocenters. The molecule has 1 aliphatic rings. The molecular formula is C12H21N3S. The third-order valence-corrected chi connectivity index (χ3v) is 4.41. The molecule has 1 aliphatic heterocycles. The van der Waals surface area contributed by atoms with Crippen LogP contribution in [0.3, 0.4) is 0 Å². The number of thiazole rings is 1. The first-order valence-electron chi connectivity index (χ1n) is 6.00. The molecule has 0 saturated carbocycles. The molecule has 1 saturated heterocycles. The van der Waals surface area contributed by atoms with Gasteiger partial charge in [0.1, 0.15) is 0 Å². The summed E-state index contributed by atoms with van der Waals surface area (Å²) in [6.45, 7) is 7.51. The van der Waals surface area contributed by atoms with Crippen molar-refractivity contribution in [3.8, 4) is 0 Å². The molecule has 0 radical (unpaired) electrons. The van der Waals surface area contributed by atoms with Crippen molar-refractivity contribution in [3.05, 3.63) is 15.6 Å². The van der Waals surface area contributed by atoms with Crippen LogP contribution in [-0.2, 0) is 6.54 Å². The summed E-state index contributed by atoms with van der Waals surface area (Å²) in [5, 5.41) is 4.73. The van der Waals surface area contributed by atoms with Crippen LogP contribution in [0.4, 0.5) is 0 Å². The molecule has 0 spiro atoms. The molecule has 1 aromatic rings. The smallest absolute Gasteiger partial charge is 0.0900 e. The average molecular weight is 239 g/mol. The minimum Gasteiger partial charge on any atom is -0.310 e. The molecule has 2 rings (SSSR count). The SMILES string of the molecule is Cc1nc(C)c(CNCC2CCCN2C)s1. The van der Waals surface area contributed by atoms with Gasteiger partial charge in [-0.05, 0) is 40.3 Å². The van der Waals surface area contributed by atoms with Crippen LogP contribution in [0.15, 0.2) is 0 Å². The van der Waals surface area contributed by atoms with Crippen LogP contribution in [0.1, 0.15) is 28.4 Å². The van der Waals surface area contributed by atoms with Crippen LogP contribution in [0, 0.1) is 13.8 Å². The number of likely N-dealkylation sites (N-methyl/N-ethyl adjacent to an activating group) is 1. The van der Waals surface area contributed by atoms with Gasteiger partial charge in [-0.2, -0.15) is 0 Å². The fraction of sp³-hybridized carbons (Fsp3) is 0.750. The van der Waals surface area contributed by atoms with Crippen LogP contribution in [0.2, 0.25) is 0 Å². The number of hydrogen-bond acceptors (Lipinski definition) is 4. The van der Waals surface area contributed by atoms with Crippen molar-refractivity contribution in [1.82, 2.24) is 15.2 Å². The number of aryl methyl sites for hydroxylation is 2. The molecule has 1 aromatic heterocycles. The summed E-state index contributed by atoms with van der Waals surface area (Å²) in [5.41, 5.74) is 1.19. The summed E-state index contributed by atoms with van der Waals surface area (Å²) >= 11 is 1.81. The largest absolute Gasteiger partial charge is 0.310 e. The van der Waals surface area contributed by atoms with Crippen LogP contribution in [0.25, 0.3) is 0 Å². The van der Waals surface area contributed by atoms with E-state index in [9.17, 15) is 0 Å². The van der Waals surface area contributed by atoms with Gasteiger partial charge in [0.05, 0.1) is 10.7 Å². The topological polar surface area (TPSA) is 28.2 Å². The predicted molar refractivity (Wildman–Crippen MR) is 68.9 cm³/mol. The van der Waals surface area contributed by atoms with E-state index in [0.29, 0.717) is 0 Å². The third kappa shape index (κ3) is 2.81. The normalized spacial score (nSPS) is 21.8. The van der Waals surface area contributed by atoms with Gasteiger partial charge in [-0.3, -0.25) is 0 Å². The third-order valence-electron chi connectivity index (χ3n) is 3.34. The highest BCUT2D eigenvalue weighted by Crippen LogP contribution is 2.17. The summed E-state index contributed by atoms with van der Waals surface area (Å²) in [4.78, 5) is 8.29. The summed E-state index contributed by atoms with van der Waals surface area (Å²) in [6, 6.07) is 0.731. The second-order valence-corrected chi connectivity index (χ2v) is 5.94. The van der Waals surface area contributed by atoms with Crippen molar-refractivity contribution in [3.63, 3.8) is 0 Å². The van der Waals surface area contributed by atoms with E-state index in [1.54, 1.807) is 0 Å². The van der Waals surface area contributed by atoms with Gasteiger partial charge in [0.2, 0.25) is 0 Å². The average Bonchev–Trinajstić information content (AvgIpc) is 2.75. The van der Waals surface area contributed by atoms with E-state index in [-0.39, 0.29) is 0 Å². The Labute approximate surface area is 102 Å². The predicted octanol–water partition coefficient (Wildman–Crippen LogP) is 1.94. The standard InChI is InChI=1S/C12H21N3S/c1-9-12(16-10(2)14-9)8-13-7-11-5-4-6-15(11)3/h11,13H,4-8H2,1-3H3. The van der Waals surface area contributed by atoms with Crippen molar-refractivity contribution < 1.29 is 0 Å². The summed E-state index contributed by atoms with van der Waals surface area (Å²) in [6.07, 6.45) is 2.69. The number of rotatable bonds is 4. The highest BCUT2D eigenvalue weighted by atomic mass is 32.1. The Bertz CT molecular complexity index is 348. The number of nitrogens with zero attached hydrogens (tertiary/aromatic N) is 2. The van der Waals surface area contributed by atoms with Crippen LogP contribution < -0.4 is 5.32 Å². The molecule has 0 aromatic carbocycles. The highest BCUT2D eigenvalue weighted by molar-refractivity contribution is 7.11. The van der Waals surface area contributed by atoms with Gasteiger partial charge < -0.3 is 10.2 Å². The zero-order valence-corrected chi connectivity index (χ0v) is 11.2. The number of likely N-dealkylation sites (tertiary alicyclic amines) is 1. The fourth-order valence-electron chi connectivity index (χ4n) is 2.33. The maximum absolute atomic E-state index is 4.44. The summed E-state index contributed by atoms with van der Waals surface area (Å²) < 4.78 is 0. The number of hydrogen-bond donors (Lipinski definition) is 1. The van der Waals surface area contributed by atoms with Crippen molar-refractivity contribution >= 4 is 11.3 Å². The lowest BCUT2D eigenvalue weighted by molar-refractivity contribution is 0.300. The molecule has 1 atom stereocenters. The maximum atomic E-state index is 4.44. The van der Waals surface area contributed by atoms with Gasteiger partial charge in [0.25, 0.3) is 0 Å². The summed E-state index contributed by atoms with van der Waals surface area (Å²) in [7, 11) is 2.22. The minimum absolute atomic E-state index is 0.731. The van der Waals surface area contributed by atoms with Crippen LogP contribution >= 0.6 is 11.3 Å². The molecule has 16 heavy (non-hydrogen) atoms. The highest BCUT2D eigenvalue weighted by Gasteiger charge is 2.20. The quantitative estimate of drug-likeness (QED) is 0.870. The molecule has 0 amide bonds. The van der Waals surface area contributed by atoms with E-state index < -0.39 is 0 Å². The number of aromatic nitrogens is 1. The van der Waals surface area contributed by atoms with Crippen molar-refractivity contribution in [2.75, 3.05) is 20.1 Å². The Morgan fingerprint density at radius 1 is 1.50 bits per heavy atom. The van der Waals surface area contributed by atoms with E-state index in [0.717, 1.165) is 19.1 Å². The zero-order chi connectivity index (χ0) is 11.5. The number of nitrogens with one attached hydrogen (secondary N) is 1. The first-order valence-corrected chi connectivity index (χ1v) is 6.82. The Morgan fingerprint density at radius 3 is 2.88 bits per heavy atom. The van der Waals surface area contributed by atoms with Gasteiger partial charge >= 0.3 is 0 Å². The lowest BCUT2D eigenvalue weighted by Gasteiger charge is -2.19. The maximum Gasteiger partial charge on any atom is 0.0900 e. The Hall–Kier alpha value is -0.450. The molecule has 1 fully saturated rings. The van der Waals surface area contributed by atoms with Gasteiger partial charge in [-0.25, -0.2) is 4.98 Å². The van der Waals surface area contributed by atoms with Crippen LogP contribution in [-0.4, -0.2) is 36.1 Å². The van der Waals surface area contributed by atoms with Crippen molar-refractivity contribution in [2.24, 2.45) is 0 Å². The fourth-order valence-corrected chi connectivity index (χ4v) is 3.23. The molecule has 90 valence electrons. The van der Waals surface area contributed by atoms with E-state index in [1.807, 2.05) is 11.3 Å². The molecule has 1 N–H and O–H groups in total. The summed E-state index contributed by atoms with van der Waals surface area (Å²) in [5.74, 6) is 0. The second kappa shape index (κ2) is 5.25. The van der Waals surface area contributed by atoms with Gasteiger partial charge in [0.15, 0.2) is 0 Å². The first-order chi connectivity index (χ1) is 7.66. The Morgan fingerprint density at radius 2 is 2.31 bits per heavy atom. The molecular weight excluding hydrogens is 218 g/mol. The van der Waals surface area contributed by atoms with E-state index in [4.69, 9.17) is 0 Å². The minimum atomic E-state index is 0.731. The lowest BCUT2D eigenvalue weighted by Crippen LogP contribution is -2.35. The molecule has 4 heteroatoms. The Balaban J connectivity index is 1.77.